The Hall–Kier alpha value is -1.02. The first-order valence-electron chi connectivity index (χ1n) is 8.41. The number of rotatable bonds is 7. The topological polar surface area (TPSA) is 35.2 Å². The summed E-state index contributed by atoms with van der Waals surface area (Å²) in [6.45, 7) is 9.62. The van der Waals surface area contributed by atoms with Gasteiger partial charge in [-0.15, -0.1) is 0 Å². The summed E-state index contributed by atoms with van der Waals surface area (Å²) in [6.07, 6.45) is 15.4. The van der Waals surface area contributed by atoms with E-state index in [1.165, 1.54) is 31.3 Å². The lowest BCUT2D eigenvalue weighted by Crippen LogP contribution is -2.37. The highest BCUT2D eigenvalue weighted by Gasteiger charge is 2.33. The summed E-state index contributed by atoms with van der Waals surface area (Å²) >= 11 is 0. The Morgan fingerprint density at radius 3 is 2.76 bits per heavy atom. The van der Waals surface area contributed by atoms with Crippen molar-refractivity contribution in [1.29, 1.82) is 0 Å². The first kappa shape index (κ1) is 18.0. The van der Waals surface area contributed by atoms with Crippen LogP contribution in [0.3, 0.4) is 0 Å². The highest BCUT2D eigenvalue weighted by atomic mass is 16.5. The molecule has 1 rings (SSSR count). The van der Waals surface area contributed by atoms with Gasteiger partial charge in [0.15, 0.2) is 0 Å². The Balaban J connectivity index is 2.62. The standard InChI is InChI=1S/C19H33NO/c1-5-7-8-13-19(4)15-17(12-14-21-19)16(3)10-11-18(20)9-6-2/h6,9-11,17H,5,7-8,12-15,20H2,1-4H3/b9-6-,16-10+,18-11+. The van der Waals surface area contributed by atoms with Crippen LogP contribution in [0.5, 0.6) is 0 Å². The zero-order valence-electron chi connectivity index (χ0n) is 14.3. The smallest absolute Gasteiger partial charge is 0.0660 e. The number of ether oxygens (including phenoxy) is 1. The molecule has 21 heavy (non-hydrogen) atoms. The Morgan fingerprint density at radius 2 is 2.10 bits per heavy atom. The van der Waals surface area contributed by atoms with E-state index in [4.69, 9.17) is 10.5 Å². The maximum atomic E-state index is 6.08. The molecule has 0 spiro atoms. The number of allylic oxidation sites excluding steroid dienone is 5. The van der Waals surface area contributed by atoms with Crippen LogP contribution in [0.1, 0.15) is 66.2 Å². The second-order valence-corrected chi connectivity index (χ2v) is 6.52. The summed E-state index contributed by atoms with van der Waals surface area (Å²) in [6, 6.07) is 0. The van der Waals surface area contributed by atoms with Crippen LogP contribution in [-0.2, 0) is 4.74 Å². The van der Waals surface area contributed by atoms with E-state index < -0.39 is 0 Å². The van der Waals surface area contributed by atoms with Gasteiger partial charge in [-0.2, -0.15) is 0 Å². The van der Waals surface area contributed by atoms with Gasteiger partial charge in [-0.3, -0.25) is 0 Å². The number of unbranched alkanes of at least 4 members (excludes halogenated alkanes) is 2. The van der Waals surface area contributed by atoms with E-state index in [0.717, 1.165) is 25.1 Å². The predicted octanol–water partition coefficient (Wildman–Crippen LogP) is 5.12. The van der Waals surface area contributed by atoms with Crippen molar-refractivity contribution in [2.24, 2.45) is 11.7 Å². The van der Waals surface area contributed by atoms with E-state index in [0.29, 0.717) is 5.92 Å². The van der Waals surface area contributed by atoms with E-state index in [-0.39, 0.29) is 5.60 Å². The molecule has 0 aromatic carbocycles. The minimum atomic E-state index is 0.0613. The maximum absolute atomic E-state index is 6.08. The molecule has 1 fully saturated rings. The first-order chi connectivity index (χ1) is 10.0. The molecule has 0 radical (unpaired) electrons. The number of nitrogens with two attached hydrogens (primary N) is 1. The summed E-state index contributed by atoms with van der Waals surface area (Å²) in [5.74, 6) is 0.625. The van der Waals surface area contributed by atoms with Crippen molar-refractivity contribution in [3.05, 3.63) is 35.6 Å². The fraction of sp³-hybridized carbons (Fsp3) is 0.684. The van der Waals surface area contributed by atoms with Gasteiger partial charge in [0.25, 0.3) is 0 Å². The van der Waals surface area contributed by atoms with Crippen LogP contribution in [-0.4, -0.2) is 12.2 Å². The highest BCUT2D eigenvalue weighted by molar-refractivity contribution is 5.23. The second-order valence-electron chi connectivity index (χ2n) is 6.52. The molecule has 0 aromatic heterocycles. The molecule has 120 valence electrons. The molecule has 2 nitrogen and oxygen atoms in total. The SMILES string of the molecule is C\C=C/C(N)=C\C=C(/C)C1CCOC(C)(CCCCC)C1. The van der Waals surface area contributed by atoms with Crippen LogP contribution < -0.4 is 5.73 Å². The molecule has 2 atom stereocenters. The predicted molar refractivity (Wildman–Crippen MR) is 92.1 cm³/mol. The van der Waals surface area contributed by atoms with E-state index in [1.807, 2.05) is 25.2 Å². The van der Waals surface area contributed by atoms with E-state index in [1.54, 1.807) is 0 Å². The molecular weight excluding hydrogens is 258 g/mol. The molecule has 1 saturated heterocycles. The summed E-state index contributed by atoms with van der Waals surface area (Å²) in [7, 11) is 0. The van der Waals surface area contributed by atoms with Gasteiger partial charge in [-0.05, 0) is 58.1 Å². The van der Waals surface area contributed by atoms with Crippen molar-refractivity contribution in [3.63, 3.8) is 0 Å². The van der Waals surface area contributed by atoms with Gasteiger partial charge >= 0.3 is 0 Å². The highest BCUT2D eigenvalue weighted by Crippen LogP contribution is 2.36. The van der Waals surface area contributed by atoms with Crippen LogP contribution in [0.15, 0.2) is 35.6 Å². The second kappa shape index (κ2) is 9.09. The first-order valence-corrected chi connectivity index (χ1v) is 8.41. The zero-order chi connectivity index (χ0) is 15.7. The lowest BCUT2D eigenvalue weighted by atomic mass is 9.80. The summed E-state index contributed by atoms with van der Waals surface area (Å²) in [5.41, 5.74) is 8.20. The molecular formula is C19H33NO. The fourth-order valence-electron chi connectivity index (χ4n) is 3.05. The van der Waals surface area contributed by atoms with Crippen molar-refractivity contribution in [2.75, 3.05) is 6.61 Å². The quantitative estimate of drug-likeness (QED) is 0.522. The Labute approximate surface area is 131 Å². The van der Waals surface area contributed by atoms with Gasteiger partial charge in [-0.25, -0.2) is 0 Å². The van der Waals surface area contributed by atoms with Crippen molar-refractivity contribution < 1.29 is 4.74 Å². The molecule has 0 amide bonds. The van der Waals surface area contributed by atoms with Gasteiger partial charge in [-0.1, -0.05) is 43.9 Å². The normalized spacial score (nSPS) is 28.3. The summed E-state index contributed by atoms with van der Waals surface area (Å²) < 4.78 is 6.08. The van der Waals surface area contributed by atoms with Gasteiger partial charge in [0, 0.05) is 12.3 Å². The van der Waals surface area contributed by atoms with E-state index >= 15 is 0 Å². The molecule has 1 aliphatic heterocycles. The Morgan fingerprint density at radius 1 is 1.33 bits per heavy atom. The van der Waals surface area contributed by atoms with Gasteiger partial charge in [0.2, 0.25) is 0 Å². The summed E-state index contributed by atoms with van der Waals surface area (Å²) in [4.78, 5) is 0. The van der Waals surface area contributed by atoms with Crippen molar-refractivity contribution in [2.45, 2.75) is 71.8 Å². The lowest BCUT2D eigenvalue weighted by molar-refractivity contribution is -0.0853. The molecule has 1 aliphatic rings. The Kier molecular flexibility index (Phi) is 7.81. The van der Waals surface area contributed by atoms with Gasteiger partial charge in [0.05, 0.1) is 5.60 Å². The molecule has 0 bridgehead atoms. The summed E-state index contributed by atoms with van der Waals surface area (Å²) in [5, 5.41) is 0. The van der Waals surface area contributed by atoms with Crippen LogP contribution in [0, 0.1) is 5.92 Å². The minimum Gasteiger partial charge on any atom is -0.399 e. The zero-order valence-corrected chi connectivity index (χ0v) is 14.3. The molecule has 2 unspecified atom stereocenters. The monoisotopic (exact) mass is 291 g/mol. The molecule has 0 aliphatic carbocycles. The number of hydrogen-bond donors (Lipinski definition) is 1. The van der Waals surface area contributed by atoms with Crippen molar-refractivity contribution in [3.8, 4) is 0 Å². The molecule has 2 N–H and O–H groups in total. The van der Waals surface area contributed by atoms with Crippen LogP contribution >= 0.6 is 0 Å². The third-order valence-electron chi connectivity index (χ3n) is 4.45. The molecule has 0 aromatic rings. The van der Waals surface area contributed by atoms with Gasteiger partial charge in [0.1, 0.15) is 0 Å². The minimum absolute atomic E-state index is 0.0613. The third-order valence-corrected chi connectivity index (χ3v) is 4.45. The molecule has 0 saturated carbocycles. The average molecular weight is 291 g/mol. The van der Waals surface area contributed by atoms with Crippen molar-refractivity contribution >= 4 is 0 Å². The third kappa shape index (κ3) is 6.52. The molecule has 1 heterocycles. The average Bonchev–Trinajstić information content (AvgIpc) is 2.45. The van der Waals surface area contributed by atoms with E-state index in [2.05, 4.69) is 26.8 Å². The maximum Gasteiger partial charge on any atom is 0.0660 e. The van der Waals surface area contributed by atoms with Crippen LogP contribution in [0.4, 0.5) is 0 Å². The molecule has 2 heteroatoms. The van der Waals surface area contributed by atoms with Crippen LogP contribution in [0.2, 0.25) is 0 Å². The fourth-order valence-corrected chi connectivity index (χ4v) is 3.05. The van der Waals surface area contributed by atoms with Crippen LogP contribution in [0.25, 0.3) is 0 Å². The van der Waals surface area contributed by atoms with Gasteiger partial charge < -0.3 is 10.5 Å². The Bertz CT molecular complexity index is 394. The van der Waals surface area contributed by atoms with Crippen molar-refractivity contribution in [1.82, 2.24) is 0 Å². The number of hydrogen-bond acceptors (Lipinski definition) is 2. The largest absolute Gasteiger partial charge is 0.399 e. The van der Waals surface area contributed by atoms with E-state index in [9.17, 15) is 0 Å². The lowest BCUT2D eigenvalue weighted by Gasteiger charge is -2.39.